The van der Waals surface area contributed by atoms with E-state index in [1.165, 1.54) is 12.8 Å². The minimum Gasteiger partial charge on any atom is -0.497 e. The van der Waals surface area contributed by atoms with Gasteiger partial charge >= 0.3 is 0 Å². The third-order valence-corrected chi connectivity index (χ3v) is 3.85. The number of hydrogen-bond donors (Lipinski definition) is 0. The number of ether oxygens (including phenoxy) is 1. The maximum atomic E-state index is 6.14. The standard InChI is InChI=1S/C15H23ClN2O/c1-11(16)7-14-5-4-6-18(14)10-13-9-15(19-3)8-12(2)17-13/h8-9,11,14H,4-7,10H2,1-3H3. The highest BCUT2D eigenvalue weighted by molar-refractivity contribution is 6.20. The van der Waals surface area contributed by atoms with E-state index in [4.69, 9.17) is 16.3 Å². The van der Waals surface area contributed by atoms with Crippen molar-refractivity contribution in [1.82, 2.24) is 9.88 Å². The molecule has 0 bridgehead atoms. The highest BCUT2D eigenvalue weighted by Gasteiger charge is 2.25. The molecule has 1 saturated heterocycles. The van der Waals surface area contributed by atoms with Crippen LogP contribution < -0.4 is 4.74 Å². The molecule has 2 atom stereocenters. The SMILES string of the molecule is COc1cc(C)nc(CN2CCCC2CC(C)Cl)c1. The van der Waals surface area contributed by atoms with E-state index in [1.54, 1.807) is 7.11 Å². The van der Waals surface area contributed by atoms with Gasteiger partial charge in [0.15, 0.2) is 0 Å². The fraction of sp³-hybridized carbons (Fsp3) is 0.667. The number of aryl methyl sites for hydroxylation is 1. The van der Waals surface area contributed by atoms with Crippen molar-refractivity contribution in [3.05, 3.63) is 23.5 Å². The number of hydrogen-bond acceptors (Lipinski definition) is 3. The Morgan fingerprint density at radius 1 is 1.53 bits per heavy atom. The van der Waals surface area contributed by atoms with Crippen LogP contribution in [0, 0.1) is 6.92 Å². The lowest BCUT2D eigenvalue weighted by Gasteiger charge is -2.25. The van der Waals surface area contributed by atoms with Crippen LogP contribution in [-0.2, 0) is 6.54 Å². The molecule has 2 unspecified atom stereocenters. The largest absolute Gasteiger partial charge is 0.497 e. The normalized spacial score (nSPS) is 21.6. The minimum absolute atomic E-state index is 0.241. The van der Waals surface area contributed by atoms with Gasteiger partial charge in [-0.25, -0.2) is 0 Å². The van der Waals surface area contributed by atoms with Crippen LogP contribution in [-0.4, -0.2) is 35.0 Å². The number of halogens is 1. The van der Waals surface area contributed by atoms with Crippen LogP contribution in [0.5, 0.6) is 5.75 Å². The number of likely N-dealkylation sites (tertiary alicyclic amines) is 1. The zero-order valence-corrected chi connectivity index (χ0v) is 12.8. The second kappa shape index (κ2) is 6.58. The lowest BCUT2D eigenvalue weighted by Crippen LogP contribution is -2.30. The Morgan fingerprint density at radius 3 is 3.00 bits per heavy atom. The number of nitrogens with zero attached hydrogens (tertiary/aromatic N) is 2. The Labute approximate surface area is 120 Å². The summed E-state index contributed by atoms with van der Waals surface area (Å²) < 4.78 is 5.31. The molecule has 2 rings (SSSR count). The molecule has 0 aliphatic carbocycles. The second-order valence-electron chi connectivity index (χ2n) is 5.42. The van der Waals surface area contributed by atoms with Crippen LogP contribution in [0.15, 0.2) is 12.1 Å². The Morgan fingerprint density at radius 2 is 2.32 bits per heavy atom. The summed E-state index contributed by atoms with van der Waals surface area (Å²) in [7, 11) is 1.70. The summed E-state index contributed by atoms with van der Waals surface area (Å²) in [5, 5.41) is 0.241. The molecule has 0 radical (unpaired) electrons. The van der Waals surface area contributed by atoms with Gasteiger partial charge in [0.1, 0.15) is 5.75 Å². The first kappa shape index (κ1) is 14.6. The van der Waals surface area contributed by atoms with E-state index in [0.29, 0.717) is 6.04 Å². The van der Waals surface area contributed by atoms with Crippen molar-refractivity contribution in [2.24, 2.45) is 0 Å². The van der Waals surface area contributed by atoms with Crippen molar-refractivity contribution >= 4 is 11.6 Å². The highest BCUT2D eigenvalue weighted by Crippen LogP contribution is 2.25. The average Bonchev–Trinajstić information content (AvgIpc) is 2.75. The molecule has 1 aliphatic heterocycles. The van der Waals surface area contributed by atoms with Gasteiger partial charge in [-0.15, -0.1) is 11.6 Å². The topological polar surface area (TPSA) is 25.4 Å². The van der Waals surface area contributed by atoms with Gasteiger partial charge in [0.25, 0.3) is 0 Å². The molecular weight excluding hydrogens is 260 g/mol. The maximum absolute atomic E-state index is 6.14. The van der Waals surface area contributed by atoms with Gasteiger partial charge in [-0.1, -0.05) is 0 Å². The van der Waals surface area contributed by atoms with Crippen molar-refractivity contribution in [2.75, 3.05) is 13.7 Å². The number of rotatable bonds is 5. The predicted molar refractivity (Wildman–Crippen MR) is 78.9 cm³/mol. The third-order valence-electron chi connectivity index (χ3n) is 3.68. The van der Waals surface area contributed by atoms with Crippen molar-refractivity contribution in [3.63, 3.8) is 0 Å². The number of methoxy groups -OCH3 is 1. The summed E-state index contributed by atoms with van der Waals surface area (Å²) in [4.78, 5) is 7.10. The number of alkyl halides is 1. The van der Waals surface area contributed by atoms with Gasteiger partial charge in [-0.05, 0) is 39.7 Å². The van der Waals surface area contributed by atoms with Crippen molar-refractivity contribution in [2.45, 2.75) is 51.1 Å². The molecule has 106 valence electrons. The maximum Gasteiger partial charge on any atom is 0.122 e. The zero-order chi connectivity index (χ0) is 13.8. The molecule has 19 heavy (non-hydrogen) atoms. The monoisotopic (exact) mass is 282 g/mol. The second-order valence-corrected chi connectivity index (χ2v) is 6.17. The molecule has 1 aromatic rings. The van der Waals surface area contributed by atoms with Gasteiger partial charge in [-0.3, -0.25) is 9.88 Å². The van der Waals surface area contributed by atoms with Crippen molar-refractivity contribution in [3.8, 4) is 5.75 Å². The summed E-state index contributed by atoms with van der Waals surface area (Å²) in [6, 6.07) is 4.60. The number of aromatic nitrogens is 1. The molecule has 4 heteroatoms. The molecule has 1 aromatic heterocycles. The molecular formula is C15H23ClN2O. The highest BCUT2D eigenvalue weighted by atomic mass is 35.5. The molecule has 1 fully saturated rings. The van der Waals surface area contributed by atoms with Gasteiger partial charge < -0.3 is 4.74 Å². The first-order valence-corrected chi connectivity index (χ1v) is 7.42. The lowest BCUT2D eigenvalue weighted by atomic mass is 10.1. The molecule has 0 aromatic carbocycles. The fourth-order valence-electron chi connectivity index (χ4n) is 2.85. The molecule has 3 nitrogen and oxygen atoms in total. The van der Waals surface area contributed by atoms with Gasteiger partial charge in [0.05, 0.1) is 12.8 Å². The van der Waals surface area contributed by atoms with Crippen LogP contribution >= 0.6 is 11.6 Å². The quantitative estimate of drug-likeness (QED) is 0.774. The summed E-state index contributed by atoms with van der Waals surface area (Å²) in [6.45, 7) is 6.12. The molecule has 2 heterocycles. The zero-order valence-electron chi connectivity index (χ0n) is 12.0. The van der Waals surface area contributed by atoms with Crippen LogP contribution in [0.4, 0.5) is 0 Å². The minimum atomic E-state index is 0.241. The Bertz CT molecular complexity index is 423. The summed E-state index contributed by atoms with van der Waals surface area (Å²) in [5.74, 6) is 0.893. The first-order chi connectivity index (χ1) is 9.08. The molecule has 0 spiro atoms. The van der Waals surface area contributed by atoms with E-state index in [0.717, 1.165) is 36.6 Å². The molecule has 0 saturated carbocycles. The van der Waals surface area contributed by atoms with E-state index in [-0.39, 0.29) is 5.38 Å². The van der Waals surface area contributed by atoms with Crippen LogP contribution in [0.3, 0.4) is 0 Å². The summed E-state index contributed by atoms with van der Waals surface area (Å²) in [5.41, 5.74) is 2.10. The Kier molecular flexibility index (Phi) is 5.06. The van der Waals surface area contributed by atoms with Crippen LogP contribution in [0.2, 0.25) is 0 Å². The molecule has 0 N–H and O–H groups in total. The van der Waals surface area contributed by atoms with Crippen LogP contribution in [0.1, 0.15) is 37.6 Å². The molecule has 0 amide bonds. The Balaban J connectivity index is 2.05. The number of pyridine rings is 1. The van der Waals surface area contributed by atoms with E-state index >= 15 is 0 Å². The van der Waals surface area contributed by atoms with E-state index in [1.807, 2.05) is 19.1 Å². The lowest BCUT2D eigenvalue weighted by molar-refractivity contribution is 0.231. The Hall–Kier alpha value is -0.800. The first-order valence-electron chi connectivity index (χ1n) is 6.98. The van der Waals surface area contributed by atoms with E-state index < -0.39 is 0 Å². The van der Waals surface area contributed by atoms with E-state index in [9.17, 15) is 0 Å². The predicted octanol–water partition coefficient (Wildman–Crippen LogP) is 3.38. The van der Waals surface area contributed by atoms with Gasteiger partial charge in [0.2, 0.25) is 0 Å². The van der Waals surface area contributed by atoms with Gasteiger partial charge in [0, 0.05) is 35.8 Å². The smallest absolute Gasteiger partial charge is 0.122 e. The van der Waals surface area contributed by atoms with Gasteiger partial charge in [-0.2, -0.15) is 0 Å². The summed E-state index contributed by atoms with van der Waals surface area (Å²) in [6.07, 6.45) is 3.57. The van der Waals surface area contributed by atoms with Crippen LogP contribution in [0.25, 0.3) is 0 Å². The fourth-order valence-corrected chi connectivity index (χ4v) is 3.06. The average molecular weight is 283 g/mol. The van der Waals surface area contributed by atoms with Crippen molar-refractivity contribution < 1.29 is 4.74 Å². The third kappa shape index (κ3) is 4.08. The summed E-state index contributed by atoms with van der Waals surface area (Å²) >= 11 is 6.14. The van der Waals surface area contributed by atoms with Crippen molar-refractivity contribution in [1.29, 1.82) is 0 Å². The molecule has 1 aliphatic rings. The van der Waals surface area contributed by atoms with E-state index in [2.05, 4.69) is 16.8 Å².